The van der Waals surface area contributed by atoms with Crippen molar-refractivity contribution in [3.8, 4) is 0 Å². The molecule has 4 nitrogen and oxygen atoms in total. The molecule has 0 aliphatic rings. The van der Waals surface area contributed by atoms with Crippen LogP contribution in [0.3, 0.4) is 0 Å². The molecule has 19 heavy (non-hydrogen) atoms. The molecule has 0 unspecified atom stereocenters. The molecule has 0 atom stereocenters. The van der Waals surface area contributed by atoms with Crippen LogP contribution < -0.4 is 11.1 Å². The highest BCUT2D eigenvalue weighted by Crippen LogP contribution is 2.24. The zero-order chi connectivity index (χ0) is 14.0. The summed E-state index contributed by atoms with van der Waals surface area (Å²) >= 11 is 0. The van der Waals surface area contributed by atoms with Crippen LogP contribution in [0.15, 0.2) is 36.4 Å². The van der Waals surface area contributed by atoms with E-state index in [1.54, 1.807) is 12.1 Å². The van der Waals surface area contributed by atoms with E-state index in [-0.39, 0.29) is 11.3 Å². The Balaban J connectivity index is 2.33. The summed E-state index contributed by atoms with van der Waals surface area (Å²) in [7, 11) is 0. The van der Waals surface area contributed by atoms with E-state index in [9.17, 15) is 4.79 Å². The Morgan fingerprint density at radius 2 is 1.89 bits per heavy atom. The molecule has 0 fully saturated rings. The molecule has 4 N–H and O–H groups in total. The Kier molecular flexibility index (Phi) is 3.42. The van der Waals surface area contributed by atoms with Crippen molar-refractivity contribution in [2.24, 2.45) is 0 Å². The van der Waals surface area contributed by atoms with Gasteiger partial charge in [0.25, 0.3) is 0 Å². The van der Waals surface area contributed by atoms with Gasteiger partial charge < -0.3 is 16.2 Å². The van der Waals surface area contributed by atoms with Gasteiger partial charge in [-0.25, -0.2) is 4.79 Å². The fourth-order valence-corrected chi connectivity index (χ4v) is 1.93. The van der Waals surface area contributed by atoms with Gasteiger partial charge in [0, 0.05) is 17.1 Å². The van der Waals surface area contributed by atoms with E-state index >= 15 is 0 Å². The smallest absolute Gasteiger partial charge is 0.337 e. The van der Waals surface area contributed by atoms with E-state index in [1.807, 2.05) is 26.0 Å². The average molecular weight is 256 g/mol. The van der Waals surface area contributed by atoms with E-state index in [0.717, 1.165) is 11.3 Å². The molecule has 0 saturated carbocycles. The van der Waals surface area contributed by atoms with Crippen molar-refractivity contribution in [3.05, 3.63) is 53.1 Å². The molecular formula is C15H16N2O2. The lowest BCUT2D eigenvalue weighted by molar-refractivity contribution is 0.0698. The molecule has 0 spiro atoms. The number of carboxylic acid groups (broad SMARTS) is 1. The SMILES string of the molecule is Cc1ccc(Nc2ccc(N)c(C(=O)O)c2)c(C)c1. The molecule has 98 valence electrons. The molecule has 0 aliphatic carbocycles. The molecule has 0 bridgehead atoms. The minimum atomic E-state index is -1.03. The molecule has 2 aromatic rings. The van der Waals surface area contributed by atoms with Crippen molar-refractivity contribution in [2.75, 3.05) is 11.1 Å². The molecule has 2 rings (SSSR count). The number of nitrogens with one attached hydrogen (secondary N) is 1. The van der Waals surface area contributed by atoms with Crippen molar-refractivity contribution < 1.29 is 9.90 Å². The summed E-state index contributed by atoms with van der Waals surface area (Å²) in [5.41, 5.74) is 9.94. The van der Waals surface area contributed by atoms with Crippen LogP contribution in [0.25, 0.3) is 0 Å². The number of anilines is 3. The molecule has 0 amide bonds. The highest BCUT2D eigenvalue weighted by atomic mass is 16.4. The van der Waals surface area contributed by atoms with Gasteiger partial charge in [0.2, 0.25) is 0 Å². The summed E-state index contributed by atoms with van der Waals surface area (Å²) in [5, 5.41) is 12.2. The monoisotopic (exact) mass is 256 g/mol. The minimum absolute atomic E-state index is 0.106. The summed E-state index contributed by atoms with van der Waals surface area (Å²) < 4.78 is 0. The van der Waals surface area contributed by atoms with Gasteiger partial charge in [-0.3, -0.25) is 0 Å². The van der Waals surface area contributed by atoms with Crippen molar-refractivity contribution in [1.82, 2.24) is 0 Å². The second-order valence-electron chi connectivity index (χ2n) is 4.55. The lowest BCUT2D eigenvalue weighted by atomic mass is 10.1. The predicted molar refractivity (Wildman–Crippen MR) is 77.0 cm³/mol. The molecule has 0 radical (unpaired) electrons. The lowest BCUT2D eigenvalue weighted by Gasteiger charge is -2.11. The number of aryl methyl sites for hydroxylation is 2. The van der Waals surface area contributed by atoms with Crippen LogP contribution in [-0.4, -0.2) is 11.1 Å². The lowest BCUT2D eigenvalue weighted by Crippen LogP contribution is -2.03. The maximum absolute atomic E-state index is 11.0. The van der Waals surface area contributed by atoms with E-state index in [1.165, 1.54) is 11.6 Å². The van der Waals surface area contributed by atoms with Crippen molar-refractivity contribution in [1.29, 1.82) is 0 Å². The fourth-order valence-electron chi connectivity index (χ4n) is 1.93. The Hall–Kier alpha value is -2.49. The van der Waals surface area contributed by atoms with Crippen LogP contribution in [0, 0.1) is 13.8 Å². The number of hydrogen-bond donors (Lipinski definition) is 3. The maximum Gasteiger partial charge on any atom is 0.337 e. The van der Waals surface area contributed by atoms with Gasteiger partial charge in [0.05, 0.1) is 5.56 Å². The first kappa shape index (κ1) is 13.0. The topological polar surface area (TPSA) is 75.3 Å². The van der Waals surface area contributed by atoms with Crippen LogP contribution in [0.1, 0.15) is 21.5 Å². The third-order valence-electron chi connectivity index (χ3n) is 2.94. The third-order valence-corrected chi connectivity index (χ3v) is 2.94. The number of aromatic carboxylic acids is 1. The van der Waals surface area contributed by atoms with Crippen molar-refractivity contribution >= 4 is 23.0 Å². The standard InChI is InChI=1S/C15H16N2O2/c1-9-3-6-14(10(2)7-9)17-11-4-5-13(16)12(8-11)15(18)19/h3-8,17H,16H2,1-2H3,(H,18,19). The van der Waals surface area contributed by atoms with Crippen LogP contribution in [0.5, 0.6) is 0 Å². The van der Waals surface area contributed by atoms with Crippen LogP contribution >= 0.6 is 0 Å². The minimum Gasteiger partial charge on any atom is -0.478 e. The van der Waals surface area contributed by atoms with Gasteiger partial charge in [-0.15, -0.1) is 0 Å². The summed E-state index contributed by atoms with van der Waals surface area (Å²) in [6.07, 6.45) is 0. The van der Waals surface area contributed by atoms with Gasteiger partial charge in [-0.1, -0.05) is 17.7 Å². The zero-order valence-electron chi connectivity index (χ0n) is 10.9. The molecule has 0 saturated heterocycles. The summed E-state index contributed by atoms with van der Waals surface area (Å²) in [5.74, 6) is -1.03. The van der Waals surface area contributed by atoms with Crippen LogP contribution in [-0.2, 0) is 0 Å². The summed E-state index contributed by atoms with van der Waals surface area (Å²) in [6, 6.07) is 10.9. The van der Waals surface area contributed by atoms with Crippen LogP contribution in [0.2, 0.25) is 0 Å². The quantitative estimate of drug-likeness (QED) is 0.736. The van der Waals surface area contributed by atoms with Gasteiger partial charge >= 0.3 is 5.97 Å². The van der Waals surface area contributed by atoms with Gasteiger partial charge in [0.15, 0.2) is 0 Å². The number of carbonyl (C=O) groups is 1. The Morgan fingerprint density at radius 1 is 1.16 bits per heavy atom. The molecule has 0 aliphatic heterocycles. The number of nitrogens with two attached hydrogens (primary N) is 1. The number of hydrogen-bond acceptors (Lipinski definition) is 3. The molecule has 4 heteroatoms. The van der Waals surface area contributed by atoms with Crippen molar-refractivity contribution in [2.45, 2.75) is 13.8 Å². The zero-order valence-corrected chi connectivity index (χ0v) is 10.9. The van der Waals surface area contributed by atoms with Gasteiger partial charge in [-0.05, 0) is 43.7 Å². The van der Waals surface area contributed by atoms with Crippen molar-refractivity contribution in [3.63, 3.8) is 0 Å². The normalized spacial score (nSPS) is 10.2. The second kappa shape index (κ2) is 5.02. The molecular weight excluding hydrogens is 240 g/mol. The molecule has 2 aromatic carbocycles. The summed E-state index contributed by atoms with van der Waals surface area (Å²) in [4.78, 5) is 11.0. The highest BCUT2D eigenvalue weighted by Gasteiger charge is 2.09. The first-order valence-electron chi connectivity index (χ1n) is 5.94. The van der Waals surface area contributed by atoms with E-state index in [0.29, 0.717) is 5.69 Å². The Morgan fingerprint density at radius 3 is 2.53 bits per heavy atom. The van der Waals surface area contributed by atoms with E-state index in [2.05, 4.69) is 11.4 Å². The third kappa shape index (κ3) is 2.85. The first-order chi connectivity index (χ1) is 8.97. The first-order valence-corrected chi connectivity index (χ1v) is 5.94. The van der Waals surface area contributed by atoms with E-state index < -0.39 is 5.97 Å². The number of benzene rings is 2. The number of rotatable bonds is 3. The average Bonchev–Trinajstić information content (AvgIpc) is 2.34. The predicted octanol–water partition coefficient (Wildman–Crippen LogP) is 3.33. The fraction of sp³-hybridized carbons (Fsp3) is 0.133. The molecule has 0 aromatic heterocycles. The van der Waals surface area contributed by atoms with Gasteiger partial charge in [-0.2, -0.15) is 0 Å². The second-order valence-corrected chi connectivity index (χ2v) is 4.55. The maximum atomic E-state index is 11.0. The number of nitrogen functional groups attached to an aromatic ring is 1. The van der Waals surface area contributed by atoms with Crippen LogP contribution in [0.4, 0.5) is 17.1 Å². The van der Waals surface area contributed by atoms with E-state index in [4.69, 9.17) is 10.8 Å². The Labute approximate surface area is 111 Å². The Bertz CT molecular complexity index is 636. The summed E-state index contributed by atoms with van der Waals surface area (Å²) in [6.45, 7) is 4.03. The largest absolute Gasteiger partial charge is 0.478 e. The molecule has 0 heterocycles. The highest BCUT2D eigenvalue weighted by molar-refractivity contribution is 5.95. The number of carboxylic acids is 1. The van der Waals surface area contributed by atoms with Gasteiger partial charge in [0.1, 0.15) is 0 Å².